The maximum atomic E-state index is 11.7. The molecular weight excluding hydrogens is 270 g/mol. The largest absolute Gasteiger partial charge is 0.483 e. The third-order valence-corrected chi connectivity index (χ3v) is 2.44. The molecule has 1 aromatic rings. The van der Waals surface area contributed by atoms with Crippen LogP contribution in [-0.2, 0) is 11.3 Å². The average Bonchev–Trinajstić information content (AvgIpc) is 2.35. The van der Waals surface area contributed by atoms with Crippen molar-refractivity contribution in [1.29, 1.82) is 0 Å². The number of ether oxygens (including phenoxy) is 1. The van der Waals surface area contributed by atoms with Gasteiger partial charge in [0.15, 0.2) is 6.61 Å². The fraction of sp³-hybridized carbons (Fsp3) is 0.467. The zero-order valence-electron chi connectivity index (χ0n) is 12.9. The van der Waals surface area contributed by atoms with Gasteiger partial charge in [-0.05, 0) is 33.9 Å². The minimum atomic E-state index is -0.528. The number of hydrogen-bond acceptors (Lipinski definition) is 4. The quantitative estimate of drug-likeness (QED) is 0.767. The highest BCUT2D eigenvalue weighted by Crippen LogP contribution is 2.17. The van der Waals surface area contributed by atoms with Crippen molar-refractivity contribution in [3.63, 3.8) is 0 Å². The molecule has 0 fully saturated rings. The molecule has 116 valence electrons. The van der Waals surface area contributed by atoms with Crippen molar-refractivity contribution < 1.29 is 14.3 Å². The number of carbonyl (C=O) groups excluding carboxylic acids is 2. The number of carbonyl (C=O) groups is 2. The lowest BCUT2D eigenvalue weighted by Crippen LogP contribution is -2.49. The molecule has 0 aromatic heterocycles. The van der Waals surface area contributed by atoms with Crippen molar-refractivity contribution >= 4 is 11.9 Å². The van der Waals surface area contributed by atoms with Crippen molar-refractivity contribution in [2.24, 2.45) is 0 Å². The SMILES string of the molecule is CNCc1ccccc1OCC(=O)NC(=O)NC(C)(C)C. The fourth-order valence-electron chi connectivity index (χ4n) is 1.66. The molecule has 0 aliphatic rings. The highest BCUT2D eigenvalue weighted by Gasteiger charge is 2.16. The van der Waals surface area contributed by atoms with Gasteiger partial charge in [-0.3, -0.25) is 10.1 Å². The first-order chi connectivity index (χ1) is 9.81. The number of para-hydroxylation sites is 1. The van der Waals surface area contributed by atoms with Crippen LogP contribution in [0, 0.1) is 0 Å². The molecule has 0 spiro atoms. The van der Waals surface area contributed by atoms with E-state index in [9.17, 15) is 9.59 Å². The van der Waals surface area contributed by atoms with Crippen LogP contribution in [0.5, 0.6) is 5.75 Å². The Morgan fingerprint density at radius 3 is 2.48 bits per heavy atom. The van der Waals surface area contributed by atoms with Crippen molar-refractivity contribution in [2.45, 2.75) is 32.9 Å². The van der Waals surface area contributed by atoms with Gasteiger partial charge in [0.05, 0.1) is 0 Å². The molecule has 3 N–H and O–H groups in total. The number of rotatable bonds is 5. The van der Waals surface area contributed by atoms with Crippen LogP contribution in [0.2, 0.25) is 0 Å². The molecule has 0 aliphatic carbocycles. The van der Waals surface area contributed by atoms with Crippen LogP contribution in [0.1, 0.15) is 26.3 Å². The Labute approximate surface area is 125 Å². The molecule has 6 heteroatoms. The van der Waals surface area contributed by atoms with Gasteiger partial charge in [0.1, 0.15) is 5.75 Å². The van der Waals surface area contributed by atoms with Gasteiger partial charge in [-0.2, -0.15) is 0 Å². The van der Waals surface area contributed by atoms with E-state index in [1.54, 1.807) is 6.07 Å². The van der Waals surface area contributed by atoms with Crippen LogP contribution in [0.15, 0.2) is 24.3 Å². The summed E-state index contributed by atoms with van der Waals surface area (Å²) in [6.45, 7) is 5.94. The first-order valence-corrected chi connectivity index (χ1v) is 6.79. The third-order valence-electron chi connectivity index (χ3n) is 2.44. The molecule has 0 saturated carbocycles. The van der Waals surface area contributed by atoms with Gasteiger partial charge in [0.25, 0.3) is 5.91 Å². The third kappa shape index (κ3) is 6.76. The lowest BCUT2D eigenvalue weighted by molar-refractivity contribution is -0.122. The van der Waals surface area contributed by atoms with Crippen LogP contribution in [0.4, 0.5) is 4.79 Å². The van der Waals surface area contributed by atoms with Gasteiger partial charge < -0.3 is 15.4 Å². The summed E-state index contributed by atoms with van der Waals surface area (Å²) in [6.07, 6.45) is 0. The molecule has 0 unspecified atom stereocenters. The second-order valence-electron chi connectivity index (χ2n) is 5.68. The summed E-state index contributed by atoms with van der Waals surface area (Å²) in [4.78, 5) is 23.2. The van der Waals surface area contributed by atoms with E-state index in [-0.39, 0.29) is 6.61 Å². The van der Waals surface area contributed by atoms with Crippen molar-refractivity contribution in [3.05, 3.63) is 29.8 Å². The zero-order valence-corrected chi connectivity index (χ0v) is 12.9. The number of nitrogens with one attached hydrogen (secondary N) is 3. The highest BCUT2D eigenvalue weighted by atomic mass is 16.5. The topological polar surface area (TPSA) is 79.5 Å². The number of imide groups is 1. The van der Waals surface area contributed by atoms with E-state index in [1.165, 1.54) is 0 Å². The lowest BCUT2D eigenvalue weighted by atomic mass is 10.1. The van der Waals surface area contributed by atoms with Crippen molar-refractivity contribution in [1.82, 2.24) is 16.0 Å². The van der Waals surface area contributed by atoms with E-state index < -0.39 is 17.5 Å². The summed E-state index contributed by atoms with van der Waals surface area (Å²) in [5.41, 5.74) is 0.553. The van der Waals surface area contributed by atoms with Gasteiger partial charge in [-0.1, -0.05) is 18.2 Å². The van der Waals surface area contributed by atoms with E-state index in [1.807, 2.05) is 46.0 Å². The fourth-order valence-corrected chi connectivity index (χ4v) is 1.66. The molecule has 21 heavy (non-hydrogen) atoms. The van der Waals surface area contributed by atoms with Crippen LogP contribution < -0.4 is 20.7 Å². The van der Waals surface area contributed by atoms with Crippen LogP contribution in [-0.4, -0.2) is 31.1 Å². The molecular formula is C15H23N3O3. The van der Waals surface area contributed by atoms with Crippen molar-refractivity contribution in [2.75, 3.05) is 13.7 Å². The van der Waals surface area contributed by atoms with Crippen LogP contribution >= 0.6 is 0 Å². The monoisotopic (exact) mass is 293 g/mol. The molecule has 0 heterocycles. The second-order valence-corrected chi connectivity index (χ2v) is 5.68. The maximum Gasteiger partial charge on any atom is 0.321 e. The van der Waals surface area contributed by atoms with Crippen LogP contribution in [0.25, 0.3) is 0 Å². The molecule has 0 radical (unpaired) electrons. The van der Waals surface area contributed by atoms with Gasteiger partial charge in [-0.15, -0.1) is 0 Å². The summed E-state index contributed by atoms with van der Waals surface area (Å²) in [5.74, 6) is 0.134. The highest BCUT2D eigenvalue weighted by molar-refractivity contribution is 5.95. The van der Waals surface area contributed by atoms with Crippen LogP contribution in [0.3, 0.4) is 0 Å². The van der Waals surface area contributed by atoms with E-state index in [4.69, 9.17) is 4.74 Å². The standard InChI is InChI=1S/C15H23N3O3/c1-15(2,3)18-14(20)17-13(19)10-21-12-8-6-5-7-11(12)9-16-4/h5-8,16H,9-10H2,1-4H3,(H2,17,18,19,20). The molecule has 0 bridgehead atoms. The predicted molar refractivity (Wildman–Crippen MR) is 81.1 cm³/mol. The molecule has 6 nitrogen and oxygen atoms in total. The summed E-state index contributed by atoms with van der Waals surface area (Å²) < 4.78 is 5.45. The summed E-state index contributed by atoms with van der Waals surface area (Å²) in [5, 5.41) is 7.90. The van der Waals surface area contributed by atoms with E-state index >= 15 is 0 Å². The van der Waals surface area contributed by atoms with E-state index in [0.29, 0.717) is 12.3 Å². The minimum Gasteiger partial charge on any atom is -0.483 e. The smallest absolute Gasteiger partial charge is 0.321 e. The van der Waals surface area contributed by atoms with Crippen molar-refractivity contribution in [3.8, 4) is 5.75 Å². The molecule has 0 saturated heterocycles. The van der Waals surface area contributed by atoms with Gasteiger partial charge in [0.2, 0.25) is 0 Å². The normalized spacial score (nSPS) is 10.9. The maximum absolute atomic E-state index is 11.7. The predicted octanol–water partition coefficient (Wildman–Crippen LogP) is 1.41. The number of urea groups is 1. The Morgan fingerprint density at radius 1 is 1.19 bits per heavy atom. The first kappa shape index (κ1) is 17.0. The number of hydrogen-bond donors (Lipinski definition) is 3. The van der Waals surface area contributed by atoms with Gasteiger partial charge in [-0.25, -0.2) is 4.79 Å². The Bertz CT molecular complexity index is 495. The lowest BCUT2D eigenvalue weighted by Gasteiger charge is -2.20. The Morgan fingerprint density at radius 2 is 1.86 bits per heavy atom. The Hall–Kier alpha value is -2.08. The number of benzene rings is 1. The van der Waals surface area contributed by atoms with Gasteiger partial charge in [0, 0.05) is 17.6 Å². The molecule has 3 amide bonds. The molecule has 1 rings (SSSR count). The second kappa shape index (κ2) is 7.64. The zero-order chi connectivity index (χ0) is 15.9. The molecule has 1 aromatic carbocycles. The minimum absolute atomic E-state index is 0.210. The summed E-state index contributed by atoms with van der Waals surface area (Å²) >= 11 is 0. The van der Waals surface area contributed by atoms with Gasteiger partial charge >= 0.3 is 6.03 Å². The first-order valence-electron chi connectivity index (χ1n) is 6.79. The Kier molecular flexibility index (Phi) is 6.17. The number of amides is 3. The van der Waals surface area contributed by atoms with E-state index in [0.717, 1.165) is 5.56 Å². The average molecular weight is 293 g/mol. The summed E-state index contributed by atoms with van der Waals surface area (Å²) in [7, 11) is 1.83. The summed E-state index contributed by atoms with van der Waals surface area (Å²) in [6, 6.07) is 6.90. The van der Waals surface area contributed by atoms with E-state index in [2.05, 4.69) is 16.0 Å². The Balaban J connectivity index is 2.48. The molecule has 0 aliphatic heterocycles. The molecule has 0 atom stereocenters.